The van der Waals surface area contributed by atoms with E-state index in [0.29, 0.717) is 22.3 Å². The molecule has 0 spiro atoms. The Bertz CT molecular complexity index is 1000. The van der Waals surface area contributed by atoms with Crippen LogP contribution in [-0.4, -0.2) is 32.5 Å². The van der Waals surface area contributed by atoms with Gasteiger partial charge < -0.3 is 19.1 Å². The van der Waals surface area contributed by atoms with Crippen LogP contribution in [0.5, 0.6) is 0 Å². The van der Waals surface area contributed by atoms with E-state index in [2.05, 4.69) is 25.8 Å². The number of hydrogen-bond acceptors (Lipinski definition) is 5. The molecular weight excluding hydrogens is 478 g/mol. The van der Waals surface area contributed by atoms with Gasteiger partial charge in [0.1, 0.15) is 5.69 Å². The molecule has 1 aliphatic rings. The van der Waals surface area contributed by atoms with Crippen molar-refractivity contribution in [2.45, 2.75) is 57.1 Å². The Labute approximate surface area is 235 Å². The first-order valence-electron chi connectivity index (χ1n) is 10.3. The third kappa shape index (κ3) is 5.98. The summed E-state index contributed by atoms with van der Waals surface area (Å²) < 4.78 is 51.2. The number of carboxylic acids is 1. The monoisotopic (exact) mass is 505 g/mol. The van der Waals surface area contributed by atoms with E-state index in [1.807, 2.05) is 13.1 Å². The Morgan fingerprint density at radius 1 is 1.18 bits per heavy atom. The fourth-order valence-corrected chi connectivity index (χ4v) is 4.13. The Balaban J connectivity index is 0.00000385. The van der Waals surface area contributed by atoms with Gasteiger partial charge in [-0.25, -0.2) is 0 Å². The summed E-state index contributed by atoms with van der Waals surface area (Å²) in [6, 6.07) is 7.67. The molecule has 3 rings (SSSR count). The third-order valence-corrected chi connectivity index (χ3v) is 11.0. The molecule has 0 amide bonds. The Kier molecular flexibility index (Phi) is 8.83. The van der Waals surface area contributed by atoms with Gasteiger partial charge in [-0.2, -0.15) is 13.2 Å². The smallest absolute Gasteiger partial charge is 0.549 e. The maximum atomic E-state index is 13.3. The molecule has 5 nitrogen and oxygen atoms in total. The summed E-state index contributed by atoms with van der Waals surface area (Å²) in [6.07, 6.45) is -3.37. The van der Waals surface area contributed by atoms with E-state index in [9.17, 15) is 23.1 Å². The van der Waals surface area contributed by atoms with Crippen molar-refractivity contribution in [1.29, 1.82) is 0 Å². The first-order chi connectivity index (χ1) is 14.7. The molecule has 2 heterocycles. The fraction of sp³-hybridized carbons (Fsp3) is 0.478. The number of hydrogen-bond donors (Lipinski definition) is 0. The number of alkyl halides is 3. The molecule has 1 saturated heterocycles. The summed E-state index contributed by atoms with van der Waals surface area (Å²) in [5.74, 6) is -1.21. The molecule has 0 radical (unpaired) electrons. The molecule has 0 N–H and O–H groups in total. The van der Waals surface area contributed by atoms with E-state index in [1.165, 1.54) is 6.20 Å². The van der Waals surface area contributed by atoms with Crippen LogP contribution in [0.15, 0.2) is 36.5 Å². The number of aromatic nitrogens is 1. The summed E-state index contributed by atoms with van der Waals surface area (Å²) in [7, 11) is -2.21. The van der Waals surface area contributed by atoms with E-state index in [4.69, 9.17) is 9.16 Å². The van der Waals surface area contributed by atoms with Gasteiger partial charge in [0.2, 0.25) is 0 Å². The summed E-state index contributed by atoms with van der Waals surface area (Å²) in [6.45, 7) is 10.3. The number of aliphatic carboxylic acids is 1. The van der Waals surface area contributed by atoms with Gasteiger partial charge in [-0.3, -0.25) is 4.98 Å². The zero-order chi connectivity index (χ0) is 23.9. The second-order valence-electron chi connectivity index (χ2n) is 9.71. The number of carbonyl (C=O) groups is 1. The summed E-state index contributed by atoms with van der Waals surface area (Å²) >= 11 is 0. The molecule has 1 aromatic carbocycles. The standard InChI is InChI=1S/C23H28F3NO4Si.K/c1-21(2,3)32(4,5)31-12-16-10-19(23(24,25)26)27-11-18(16)15-6-8-17(9-7-15)22(20(28)29)13-30-14-22;/h6-11H,12-14H2,1-5H3,(H,28,29);/q;+1/p-1. The molecule has 1 fully saturated rings. The molecule has 10 heteroatoms. The van der Waals surface area contributed by atoms with Gasteiger partial charge in [0.25, 0.3) is 0 Å². The topological polar surface area (TPSA) is 71.5 Å². The average molecular weight is 506 g/mol. The maximum Gasteiger partial charge on any atom is 1.00 e. The Morgan fingerprint density at radius 2 is 1.76 bits per heavy atom. The van der Waals surface area contributed by atoms with Gasteiger partial charge in [-0.15, -0.1) is 0 Å². The van der Waals surface area contributed by atoms with Crippen LogP contribution in [0.2, 0.25) is 18.1 Å². The summed E-state index contributed by atoms with van der Waals surface area (Å²) in [5, 5.41) is 11.5. The second-order valence-corrected chi connectivity index (χ2v) is 14.5. The van der Waals surface area contributed by atoms with E-state index in [0.717, 1.165) is 6.07 Å². The molecule has 0 saturated carbocycles. The molecule has 0 aliphatic carbocycles. The number of halogens is 3. The van der Waals surface area contributed by atoms with Crippen LogP contribution in [0.1, 0.15) is 37.6 Å². The predicted molar refractivity (Wildman–Crippen MR) is 114 cm³/mol. The first kappa shape index (κ1) is 28.6. The van der Waals surface area contributed by atoms with Crippen LogP contribution in [-0.2, 0) is 32.2 Å². The van der Waals surface area contributed by atoms with Crippen molar-refractivity contribution in [3.63, 3.8) is 0 Å². The van der Waals surface area contributed by atoms with E-state index < -0.39 is 31.6 Å². The number of ether oxygens (including phenoxy) is 1. The van der Waals surface area contributed by atoms with Crippen LogP contribution >= 0.6 is 0 Å². The van der Waals surface area contributed by atoms with Crippen molar-refractivity contribution in [3.8, 4) is 11.1 Å². The van der Waals surface area contributed by atoms with Gasteiger partial charge in [0, 0.05) is 11.8 Å². The van der Waals surface area contributed by atoms with E-state index >= 15 is 0 Å². The number of benzene rings is 1. The van der Waals surface area contributed by atoms with E-state index in [-0.39, 0.29) is 76.2 Å². The van der Waals surface area contributed by atoms with Crippen molar-refractivity contribution < 1.29 is 83.6 Å². The van der Waals surface area contributed by atoms with Crippen molar-refractivity contribution >= 4 is 14.3 Å². The van der Waals surface area contributed by atoms with Crippen LogP contribution in [0.4, 0.5) is 13.2 Å². The zero-order valence-electron chi connectivity index (χ0n) is 19.8. The minimum absolute atomic E-state index is 0. The van der Waals surface area contributed by atoms with Crippen LogP contribution in [0, 0.1) is 0 Å². The Hall–Kier alpha value is -0.597. The molecule has 0 atom stereocenters. The number of rotatable bonds is 6. The normalized spacial score (nSPS) is 16.0. The average Bonchev–Trinajstić information content (AvgIpc) is 2.64. The van der Waals surface area contributed by atoms with Crippen LogP contribution in [0.25, 0.3) is 11.1 Å². The number of carboxylic acid groups (broad SMARTS) is 1. The molecule has 0 bridgehead atoms. The molecule has 2 aromatic rings. The molecule has 1 aliphatic heterocycles. The molecule has 174 valence electrons. The predicted octanol–water partition coefficient (Wildman–Crippen LogP) is 1.31. The van der Waals surface area contributed by atoms with Crippen molar-refractivity contribution in [2.24, 2.45) is 0 Å². The third-order valence-electron chi connectivity index (χ3n) is 6.51. The van der Waals surface area contributed by atoms with Crippen LogP contribution in [0.3, 0.4) is 0 Å². The van der Waals surface area contributed by atoms with Crippen molar-refractivity contribution in [2.75, 3.05) is 13.2 Å². The van der Waals surface area contributed by atoms with Crippen molar-refractivity contribution in [1.82, 2.24) is 4.98 Å². The van der Waals surface area contributed by atoms with Gasteiger partial charge in [-0.1, -0.05) is 45.0 Å². The van der Waals surface area contributed by atoms with Gasteiger partial charge >= 0.3 is 57.6 Å². The minimum atomic E-state index is -4.57. The molecule has 1 aromatic heterocycles. The summed E-state index contributed by atoms with van der Waals surface area (Å²) in [5.41, 5.74) is -0.120. The maximum absolute atomic E-state index is 13.3. The Morgan fingerprint density at radius 3 is 2.18 bits per heavy atom. The fourth-order valence-electron chi connectivity index (χ4n) is 3.18. The minimum Gasteiger partial charge on any atom is -0.549 e. The van der Waals surface area contributed by atoms with Gasteiger partial charge in [0.05, 0.1) is 31.2 Å². The molecule has 33 heavy (non-hydrogen) atoms. The number of nitrogens with zero attached hydrogens (tertiary/aromatic N) is 1. The van der Waals surface area contributed by atoms with Crippen LogP contribution < -0.4 is 56.5 Å². The molecular formula is C23H27F3KNO4Si. The first-order valence-corrected chi connectivity index (χ1v) is 13.2. The van der Waals surface area contributed by atoms with E-state index in [1.54, 1.807) is 24.3 Å². The molecule has 0 unspecified atom stereocenters. The SMILES string of the molecule is CC(C)(C)[Si](C)(C)OCc1cc(C(F)(F)F)ncc1-c1ccc(C2(C(=O)[O-])COC2)cc1.[K+]. The number of carbonyl (C=O) groups excluding carboxylic acids is 1. The van der Waals surface area contributed by atoms with Crippen molar-refractivity contribution in [3.05, 3.63) is 53.3 Å². The largest absolute Gasteiger partial charge is 1.00 e. The quantitative estimate of drug-likeness (QED) is 0.554. The second kappa shape index (κ2) is 10.2. The zero-order valence-corrected chi connectivity index (χ0v) is 23.9. The van der Waals surface area contributed by atoms with Gasteiger partial charge in [0.15, 0.2) is 8.32 Å². The number of pyridine rings is 1. The summed E-state index contributed by atoms with van der Waals surface area (Å²) in [4.78, 5) is 15.2. The van der Waals surface area contributed by atoms with Gasteiger partial charge in [-0.05, 0) is 40.9 Å².